The number of halogens is 1. The van der Waals surface area contributed by atoms with E-state index >= 15 is 0 Å². The van der Waals surface area contributed by atoms with Crippen molar-refractivity contribution in [3.8, 4) is 5.75 Å². The Hall–Kier alpha value is -1.67. The minimum atomic E-state index is 0.678. The molecule has 0 unspecified atom stereocenters. The fourth-order valence-electron chi connectivity index (χ4n) is 1.71. The smallest absolute Gasteiger partial charge is 0.121 e. The van der Waals surface area contributed by atoms with E-state index in [1.54, 1.807) is 0 Å². The molecule has 18 heavy (non-hydrogen) atoms. The third-order valence-corrected chi connectivity index (χ3v) is 2.77. The predicted octanol–water partition coefficient (Wildman–Crippen LogP) is 4.35. The number of benzene rings is 2. The number of ether oxygens (including phenoxy) is 1. The van der Waals surface area contributed by atoms with E-state index in [1.165, 1.54) is 0 Å². The summed E-state index contributed by atoms with van der Waals surface area (Å²) in [4.78, 5) is 0. The van der Waals surface area contributed by atoms with Crippen molar-refractivity contribution < 1.29 is 4.74 Å². The van der Waals surface area contributed by atoms with Gasteiger partial charge < -0.3 is 10.1 Å². The molecule has 0 saturated heterocycles. The van der Waals surface area contributed by atoms with Crippen LogP contribution in [0.25, 0.3) is 0 Å². The van der Waals surface area contributed by atoms with Gasteiger partial charge in [-0.1, -0.05) is 29.8 Å². The standard InChI is InChI=1S/C15H16ClNO/c1-2-18-15-8-4-7-14(10-15)17-11-12-5-3-6-13(16)9-12/h3-10,17H,2,11H2,1H3. The van der Waals surface area contributed by atoms with Crippen molar-refractivity contribution in [1.29, 1.82) is 0 Å². The summed E-state index contributed by atoms with van der Waals surface area (Å²) in [5, 5.41) is 4.11. The molecule has 0 spiro atoms. The van der Waals surface area contributed by atoms with Crippen molar-refractivity contribution in [2.45, 2.75) is 13.5 Å². The summed E-state index contributed by atoms with van der Waals surface area (Å²) in [6.07, 6.45) is 0. The topological polar surface area (TPSA) is 21.3 Å². The van der Waals surface area contributed by atoms with Crippen LogP contribution in [0, 0.1) is 0 Å². The molecule has 0 atom stereocenters. The van der Waals surface area contributed by atoms with Gasteiger partial charge in [-0.2, -0.15) is 0 Å². The number of hydrogen-bond donors (Lipinski definition) is 1. The lowest BCUT2D eigenvalue weighted by atomic mass is 10.2. The zero-order valence-electron chi connectivity index (χ0n) is 10.3. The molecule has 0 radical (unpaired) electrons. The van der Waals surface area contributed by atoms with Gasteiger partial charge in [0.1, 0.15) is 5.75 Å². The number of anilines is 1. The van der Waals surface area contributed by atoms with Gasteiger partial charge in [-0.3, -0.25) is 0 Å². The van der Waals surface area contributed by atoms with E-state index in [1.807, 2.05) is 55.5 Å². The molecular weight excluding hydrogens is 246 g/mol. The summed E-state index contributed by atoms with van der Waals surface area (Å²) < 4.78 is 5.46. The van der Waals surface area contributed by atoms with Crippen molar-refractivity contribution in [3.05, 3.63) is 59.1 Å². The van der Waals surface area contributed by atoms with Gasteiger partial charge in [-0.25, -0.2) is 0 Å². The highest BCUT2D eigenvalue weighted by molar-refractivity contribution is 6.30. The quantitative estimate of drug-likeness (QED) is 0.864. The molecule has 2 aromatic rings. The van der Waals surface area contributed by atoms with Crippen molar-refractivity contribution in [2.24, 2.45) is 0 Å². The lowest BCUT2D eigenvalue weighted by Gasteiger charge is -2.09. The molecule has 3 heteroatoms. The lowest BCUT2D eigenvalue weighted by molar-refractivity contribution is 0.340. The Morgan fingerprint density at radius 2 is 1.94 bits per heavy atom. The van der Waals surface area contributed by atoms with Gasteiger partial charge in [0.15, 0.2) is 0 Å². The van der Waals surface area contributed by atoms with Gasteiger partial charge in [0, 0.05) is 23.3 Å². The zero-order chi connectivity index (χ0) is 12.8. The first-order valence-corrected chi connectivity index (χ1v) is 6.37. The second kappa shape index (κ2) is 6.31. The first kappa shape index (κ1) is 12.8. The second-order valence-electron chi connectivity index (χ2n) is 3.94. The molecule has 0 heterocycles. The minimum absolute atomic E-state index is 0.678. The number of hydrogen-bond acceptors (Lipinski definition) is 2. The highest BCUT2D eigenvalue weighted by atomic mass is 35.5. The maximum Gasteiger partial charge on any atom is 0.121 e. The van der Waals surface area contributed by atoms with Gasteiger partial charge >= 0.3 is 0 Å². The molecule has 0 aromatic heterocycles. The van der Waals surface area contributed by atoms with Crippen molar-refractivity contribution in [1.82, 2.24) is 0 Å². The molecule has 2 nitrogen and oxygen atoms in total. The monoisotopic (exact) mass is 261 g/mol. The Balaban J connectivity index is 1.99. The summed E-state index contributed by atoms with van der Waals surface area (Å²) in [6.45, 7) is 3.40. The Bertz CT molecular complexity index is 513. The fraction of sp³-hybridized carbons (Fsp3) is 0.200. The Morgan fingerprint density at radius 3 is 2.72 bits per heavy atom. The SMILES string of the molecule is CCOc1cccc(NCc2cccc(Cl)c2)c1. The largest absolute Gasteiger partial charge is 0.494 e. The van der Waals surface area contributed by atoms with Crippen molar-refractivity contribution in [2.75, 3.05) is 11.9 Å². The molecule has 0 aliphatic carbocycles. The Morgan fingerprint density at radius 1 is 1.11 bits per heavy atom. The van der Waals surface area contributed by atoms with Gasteiger partial charge in [0.25, 0.3) is 0 Å². The van der Waals surface area contributed by atoms with Gasteiger partial charge in [-0.05, 0) is 36.8 Å². The highest BCUT2D eigenvalue weighted by Gasteiger charge is 1.97. The summed E-state index contributed by atoms with van der Waals surface area (Å²) in [7, 11) is 0. The van der Waals surface area contributed by atoms with E-state index < -0.39 is 0 Å². The van der Waals surface area contributed by atoms with Crippen LogP contribution >= 0.6 is 11.6 Å². The molecule has 0 amide bonds. The second-order valence-corrected chi connectivity index (χ2v) is 4.38. The maximum atomic E-state index is 5.95. The van der Waals surface area contributed by atoms with E-state index in [-0.39, 0.29) is 0 Å². The average Bonchev–Trinajstić information content (AvgIpc) is 2.37. The van der Waals surface area contributed by atoms with E-state index in [9.17, 15) is 0 Å². The molecule has 2 rings (SSSR count). The van der Waals surface area contributed by atoms with Crippen LogP contribution < -0.4 is 10.1 Å². The van der Waals surface area contributed by atoms with Crippen molar-refractivity contribution >= 4 is 17.3 Å². The van der Waals surface area contributed by atoms with E-state index in [2.05, 4.69) is 5.32 Å². The molecule has 94 valence electrons. The summed E-state index contributed by atoms with van der Waals surface area (Å²) >= 11 is 5.95. The van der Waals surface area contributed by atoms with E-state index in [0.717, 1.165) is 28.6 Å². The van der Waals surface area contributed by atoms with E-state index in [0.29, 0.717) is 6.61 Å². The minimum Gasteiger partial charge on any atom is -0.494 e. The van der Waals surface area contributed by atoms with Crippen LogP contribution in [0.1, 0.15) is 12.5 Å². The fourth-order valence-corrected chi connectivity index (χ4v) is 1.93. The first-order chi connectivity index (χ1) is 8.78. The molecule has 0 fully saturated rings. The average molecular weight is 262 g/mol. The summed E-state index contributed by atoms with van der Waals surface area (Å²) in [5.41, 5.74) is 2.20. The molecule has 0 saturated carbocycles. The van der Waals surface area contributed by atoms with Crippen LogP contribution in [0.2, 0.25) is 5.02 Å². The molecule has 0 aliphatic heterocycles. The van der Waals surface area contributed by atoms with E-state index in [4.69, 9.17) is 16.3 Å². The van der Waals surface area contributed by atoms with Crippen LogP contribution in [0.5, 0.6) is 5.75 Å². The Labute approximate surface area is 113 Å². The number of rotatable bonds is 5. The molecule has 0 bridgehead atoms. The summed E-state index contributed by atoms with van der Waals surface area (Å²) in [6, 6.07) is 15.8. The summed E-state index contributed by atoms with van der Waals surface area (Å²) in [5.74, 6) is 0.883. The normalized spacial score (nSPS) is 10.1. The highest BCUT2D eigenvalue weighted by Crippen LogP contribution is 2.18. The number of nitrogens with one attached hydrogen (secondary N) is 1. The van der Waals surface area contributed by atoms with Crippen LogP contribution in [0.15, 0.2) is 48.5 Å². The van der Waals surface area contributed by atoms with Crippen LogP contribution in [-0.4, -0.2) is 6.61 Å². The van der Waals surface area contributed by atoms with Gasteiger partial charge in [0.05, 0.1) is 6.61 Å². The molecule has 1 N–H and O–H groups in total. The third-order valence-electron chi connectivity index (χ3n) is 2.53. The van der Waals surface area contributed by atoms with Crippen molar-refractivity contribution in [3.63, 3.8) is 0 Å². The molecular formula is C15H16ClNO. The molecule has 0 aliphatic rings. The first-order valence-electron chi connectivity index (χ1n) is 5.99. The Kier molecular flexibility index (Phi) is 4.48. The third kappa shape index (κ3) is 3.67. The van der Waals surface area contributed by atoms with Crippen LogP contribution in [0.4, 0.5) is 5.69 Å². The van der Waals surface area contributed by atoms with Crippen LogP contribution in [0.3, 0.4) is 0 Å². The maximum absolute atomic E-state index is 5.95. The van der Waals surface area contributed by atoms with Gasteiger partial charge in [0.2, 0.25) is 0 Å². The van der Waals surface area contributed by atoms with Gasteiger partial charge in [-0.15, -0.1) is 0 Å². The predicted molar refractivity (Wildman–Crippen MR) is 76.4 cm³/mol. The zero-order valence-corrected chi connectivity index (χ0v) is 11.1. The van der Waals surface area contributed by atoms with Crippen LogP contribution in [-0.2, 0) is 6.54 Å². The molecule has 2 aromatic carbocycles. The lowest BCUT2D eigenvalue weighted by Crippen LogP contribution is -2.00.